The van der Waals surface area contributed by atoms with Crippen molar-refractivity contribution in [1.82, 2.24) is 15.2 Å². The Morgan fingerprint density at radius 3 is 2.97 bits per heavy atom. The fourth-order valence-electron chi connectivity index (χ4n) is 6.03. The molecule has 2 N–H and O–H groups in total. The van der Waals surface area contributed by atoms with Crippen LogP contribution in [0.25, 0.3) is 10.9 Å². The summed E-state index contributed by atoms with van der Waals surface area (Å²) >= 11 is 0. The lowest BCUT2D eigenvalue weighted by atomic mass is 9.76. The van der Waals surface area contributed by atoms with E-state index in [0.29, 0.717) is 13.1 Å². The van der Waals surface area contributed by atoms with Crippen molar-refractivity contribution in [3.8, 4) is 0 Å². The number of hydrogen-bond donors (Lipinski definition) is 2. The van der Waals surface area contributed by atoms with Gasteiger partial charge < -0.3 is 19.9 Å². The summed E-state index contributed by atoms with van der Waals surface area (Å²) < 4.78 is 6.25. The van der Waals surface area contributed by atoms with Gasteiger partial charge in [-0.2, -0.15) is 0 Å². The number of rotatable bonds is 5. The third-order valence-corrected chi connectivity index (χ3v) is 7.51. The lowest BCUT2D eigenvalue weighted by Gasteiger charge is -2.25. The fraction of sp³-hybridized carbons (Fsp3) is 0.500. The normalized spacial score (nSPS) is 32.5. The number of fused-ring (bicyclic) bond motifs is 2. The van der Waals surface area contributed by atoms with E-state index in [1.165, 1.54) is 23.8 Å². The average molecular weight is 405 g/mol. The standard InChI is InChI=1S/C24H27N3O3/c28-22(26-16-5-1-2-6-16)20-19-9-11-24(30-19)14-27(23(29)21(20)24)12-10-15-13-25-18-8-4-3-7-17(15)18/h3-4,7-9,11,13,16,19-21,25H,1-2,5-6,10,12,14H2,(H,26,28)/t19-,20?,21?,24-/m0/s1. The van der Waals surface area contributed by atoms with E-state index >= 15 is 0 Å². The molecule has 1 saturated carbocycles. The molecule has 2 unspecified atom stereocenters. The van der Waals surface area contributed by atoms with Crippen LogP contribution in [0.5, 0.6) is 0 Å². The van der Waals surface area contributed by atoms with E-state index in [4.69, 9.17) is 4.74 Å². The predicted molar refractivity (Wildman–Crippen MR) is 113 cm³/mol. The Balaban J connectivity index is 1.19. The number of carbonyl (C=O) groups excluding carboxylic acids is 2. The molecule has 2 saturated heterocycles. The number of H-pyrrole nitrogens is 1. The fourth-order valence-corrected chi connectivity index (χ4v) is 6.03. The third kappa shape index (κ3) is 2.66. The highest BCUT2D eigenvalue weighted by molar-refractivity contribution is 5.93. The monoisotopic (exact) mass is 405 g/mol. The number of ether oxygens (including phenoxy) is 1. The molecule has 1 aromatic carbocycles. The van der Waals surface area contributed by atoms with Crippen LogP contribution in [0, 0.1) is 11.8 Å². The highest BCUT2D eigenvalue weighted by Crippen LogP contribution is 2.52. The molecule has 2 bridgehead atoms. The molecule has 6 heteroatoms. The molecule has 3 aliphatic heterocycles. The summed E-state index contributed by atoms with van der Waals surface area (Å²) in [6.45, 7) is 1.18. The number of nitrogens with zero attached hydrogens (tertiary/aromatic N) is 1. The lowest BCUT2D eigenvalue weighted by molar-refractivity contribution is -0.137. The number of amides is 2. The first-order chi connectivity index (χ1) is 14.6. The number of aromatic amines is 1. The minimum absolute atomic E-state index is 0.00467. The highest BCUT2D eigenvalue weighted by atomic mass is 16.5. The topological polar surface area (TPSA) is 74.4 Å². The summed E-state index contributed by atoms with van der Waals surface area (Å²) in [7, 11) is 0. The van der Waals surface area contributed by atoms with Crippen molar-refractivity contribution in [3.05, 3.63) is 48.2 Å². The lowest BCUT2D eigenvalue weighted by Crippen LogP contribution is -2.46. The molecule has 30 heavy (non-hydrogen) atoms. The number of aromatic nitrogens is 1. The van der Waals surface area contributed by atoms with Crippen LogP contribution in [0.1, 0.15) is 31.2 Å². The summed E-state index contributed by atoms with van der Waals surface area (Å²) in [6.07, 6.45) is 11.0. The number of carbonyl (C=O) groups is 2. The minimum Gasteiger partial charge on any atom is -0.361 e. The van der Waals surface area contributed by atoms with E-state index in [1.54, 1.807) is 0 Å². The van der Waals surface area contributed by atoms with Crippen LogP contribution in [-0.2, 0) is 20.7 Å². The maximum absolute atomic E-state index is 13.4. The maximum atomic E-state index is 13.4. The molecule has 2 aromatic rings. The van der Waals surface area contributed by atoms with Crippen LogP contribution < -0.4 is 5.32 Å². The molecule has 1 aromatic heterocycles. The molecular formula is C24H27N3O3. The molecular weight excluding hydrogens is 378 g/mol. The van der Waals surface area contributed by atoms with E-state index in [1.807, 2.05) is 35.4 Å². The van der Waals surface area contributed by atoms with Crippen LogP contribution in [0.4, 0.5) is 0 Å². The summed E-state index contributed by atoms with van der Waals surface area (Å²) in [6, 6.07) is 8.48. The van der Waals surface area contributed by atoms with Crippen molar-refractivity contribution in [2.24, 2.45) is 11.8 Å². The largest absolute Gasteiger partial charge is 0.361 e. The Labute approximate surface area is 175 Å². The minimum atomic E-state index is -0.625. The molecule has 2 amide bonds. The summed E-state index contributed by atoms with van der Waals surface area (Å²) in [5, 5.41) is 4.40. The van der Waals surface area contributed by atoms with E-state index in [2.05, 4.69) is 22.4 Å². The van der Waals surface area contributed by atoms with Crippen LogP contribution in [-0.4, -0.2) is 52.5 Å². The average Bonchev–Trinajstić information content (AvgIpc) is 3.55. The van der Waals surface area contributed by atoms with Gasteiger partial charge in [0, 0.05) is 29.7 Å². The van der Waals surface area contributed by atoms with Crippen molar-refractivity contribution >= 4 is 22.7 Å². The van der Waals surface area contributed by atoms with Crippen LogP contribution >= 0.6 is 0 Å². The Kier molecular flexibility index (Phi) is 4.07. The van der Waals surface area contributed by atoms with Gasteiger partial charge in [0.2, 0.25) is 11.8 Å². The Morgan fingerprint density at radius 2 is 2.10 bits per heavy atom. The molecule has 6 nitrogen and oxygen atoms in total. The third-order valence-electron chi connectivity index (χ3n) is 7.51. The van der Waals surface area contributed by atoms with E-state index in [9.17, 15) is 9.59 Å². The number of benzene rings is 1. The molecule has 156 valence electrons. The van der Waals surface area contributed by atoms with Gasteiger partial charge in [0.25, 0.3) is 0 Å². The van der Waals surface area contributed by atoms with Crippen LogP contribution in [0.2, 0.25) is 0 Å². The second kappa shape index (κ2) is 6.71. The number of likely N-dealkylation sites (tertiary alicyclic amines) is 1. The van der Waals surface area contributed by atoms with Gasteiger partial charge >= 0.3 is 0 Å². The van der Waals surface area contributed by atoms with Crippen molar-refractivity contribution in [2.75, 3.05) is 13.1 Å². The zero-order valence-electron chi connectivity index (χ0n) is 17.0. The molecule has 6 rings (SSSR count). The Morgan fingerprint density at radius 1 is 1.27 bits per heavy atom. The van der Waals surface area contributed by atoms with Gasteiger partial charge in [0.15, 0.2) is 0 Å². The first kappa shape index (κ1) is 18.2. The zero-order valence-corrected chi connectivity index (χ0v) is 17.0. The first-order valence-corrected chi connectivity index (χ1v) is 11.2. The maximum Gasteiger partial charge on any atom is 0.230 e. The van der Waals surface area contributed by atoms with Gasteiger partial charge in [0.05, 0.1) is 24.5 Å². The Hall–Kier alpha value is -2.60. The zero-order chi connectivity index (χ0) is 20.3. The van der Waals surface area contributed by atoms with E-state index in [0.717, 1.165) is 24.8 Å². The smallest absolute Gasteiger partial charge is 0.230 e. The predicted octanol–water partition coefficient (Wildman–Crippen LogP) is 2.55. The van der Waals surface area contributed by atoms with Gasteiger partial charge in [-0.3, -0.25) is 9.59 Å². The molecule has 4 atom stereocenters. The van der Waals surface area contributed by atoms with Gasteiger partial charge in [0.1, 0.15) is 5.60 Å². The van der Waals surface area contributed by atoms with Crippen LogP contribution in [0.3, 0.4) is 0 Å². The van der Waals surface area contributed by atoms with Crippen molar-refractivity contribution in [1.29, 1.82) is 0 Å². The number of para-hydroxylation sites is 1. The summed E-state index contributed by atoms with van der Waals surface area (Å²) in [5.41, 5.74) is 1.70. The van der Waals surface area contributed by atoms with Crippen molar-refractivity contribution < 1.29 is 14.3 Å². The van der Waals surface area contributed by atoms with Gasteiger partial charge in [-0.25, -0.2) is 0 Å². The van der Waals surface area contributed by atoms with Gasteiger partial charge in [-0.15, -0.1) is 0 Å². The molecule has 1 aliphatic carbocycles. The number of hydrogen-bond acceptors (Lipinski definition) is 3. The molecule has 4 heterocycles. The quantitative estimate of drug-likeness (QED) is 0.751. The summed E-state index contributed by atoms with van der Waals surface area (Å²) in [5.74, 6) is -0.735. The highest BCUT2D eigenvalue weighted by Gasteiger charge is 2.66. The van der Waals surface area contributed by atoms with Crippen molar-refractivity contribution in [3.63, 3.8) is 0 Å². The second-order valence-corrected chi connectivity index (χ2v) is 9.26. The second-order valence-electron chi connectivity index (χ2n) is 9.26. The van der Waals surface area contributed by atoms with E-state index in [-0.39, 0.29) is 24.0 Å². The molecule has 3 fully saturated rings. The first-order valence-electron chi connectivity index (χ1n) is 11.2. The number of nitrogens with one attached hydrogen (secondary N) is 2. The van der Waals surface area contributed by atoms with Crippen LogP contribution in [0.15, 0.2) is 42.6 Å². The van der Waals surface area contributed by atoms with Crippen molar-refractivity contribution in [2.45, 2.75) is 49.9 Å². The van der Waals surface area contributed by atoms with Gasteiger partial charge in [-0.1, -0.05) is 43.2 Å². The molecule has 4 aliphatic rings. The van der Waals surface area contributed by atoms with E-state index < -0.39 is 17.4 Å². The summed E-state index contributed by atoms with van der Waals surface area (Å²) in [4.78, 5) is 31.6. The SMILES string of the molecule is O=C(NC1CCCC1)C1C2C(=O)N(CCc3c[nH]c4ccccc34)C[C@@]23C=C[C@@H]1O3. The molecule has 0 radical (unpaired) electrons. The van der Waals surface area contributed by atoms with Gasteiger partial charge in [-0.05, 0) is 30.9 Å². The Bertz CT molecular complexity index is 1040. The molecule has 1 spiro atoms.